The Morgan fingerprint density at radius 3 is 2.51 bits per heavy atom. The minimum atomic E-state index is -5.14. The molecule has 1 atom stereocenters. The highest BCUT2D eigenvalue weighted by Crippen LogP contribution is 2.41. The molecule has 1 aromatic heterocycles. The summed E-state index contributed by atoms with van der Waals surface area (Å²) in [6, 6.07) is 15.8. The zero-order chi connectivity index (χ0) is 26.3. The Morgan fingerprint density at radius 2 is 1.81 bits per heavy atom. The van der Waals surface area contributed by atoms with Gasteiger partial charge >= 0.3 is 6.18 Å². The van der Waals surface area contributed by atoms with Crippen molar-refractivity contribution in [3.05, 3.63) is 77.4 Å². The first-order valence-corrected chi connectivity index (χ1v) is 12.6. The molecule has 11 heteroatoms. The Balaban J connectivity index is 1.45. The number of nitrogens with zero attached hydrogens (tertiary/aromatic N) is 3. The van der Waals surface area contributed by atoms with E-state index in [2.05, 4.69) is 26.3 Å². The molecule has 2 heterocycles. The lowest BCUT2D eigenvalue weighted by Crippen LogP contribution is -2.51. The molecule has 5 nitrogen and oxygen atoms in total. The van der Waals surface area contributed by atoms with Gasteiger partial charge in [0.1, 0.15) is 5.52 Å². The van der Waals surface area contributed by atoms with E-state index in [0.29, 0.717) is 5.52 Å². The number of hydrogen-bond donors (Lipinski definition) is 1. The molecule has 0 saturated carbocycles. The number of oxazole rings is 1. The number of benzene rings is 3. The Labute approximate surface area is 213 Å². The van der Waals surface area contributed by atoms with Crippen LogP contribution in [-0.4, -0.2) is 46.3 Å². The van der Waals surface area contributed by atoms with E-state index in [1.54, 1.807) is 24.1 Å². The molecule has 5 rings (SSSR count). The van der Waals surface area contributed by atoms with Crippen molar-refractivity contribution in [2.45, 2.75) is 18.6 Å². The number of piperazine rings is 1. The van der Waals surface area contributed by atoms with Gasteiger partial charge in [-0.2, -0.15) is 13.2 Å². The van der Waals surface area contributed by atoms with Crippen molar-refractivity contribution in [1.29, 1.82) is 0 Å². The lowest BCUT2D eigenvalue weighted by molar-refractivity contribution is -0.140. The summed E-state index contributed by atoms with van der Waals surface area (Å²) >= 11 is 1.70. The van der Waals surface area contributed by atoms with Crippen molar-refractivity contribution >= 4 is 28.7 Å². The Hall–Kier alpha value is -3.31. The number of anilines is 1. The average Bonchev–Trinajstić information content (AvgIpc) is 3.30. The van der Waals surface area contributed by atoms with Crippen molar-refractivity contribution in [3.8, 4) is 17.2 Å². The smallest absolute Gasteiger partial charge is 0.419 e. The SMILES string of the molecule is CSN1CCN(c2ccc3oc(-c4cc(C(F)(F)F)c(F)c(O)c4F)nc3c2)C[C@@H]1Cc1ccccc1. The van der Waals surface area contributed by atoms with Gasteiger partial charge in [-0.15, -0.1) is 0 Å². The fourth-order valence-electron chi connectivity index (χ4n) is 4.58. The monoisotopic (exact) mass is 535 g/mol. The van der Waals surface area contributed by atoms with Gasteiger partial charge in [0, 0.05) is 31.4 Å². The second-order valence-corrected chi connectivity index (χ2v) is 9.56. The molecule has 0 unspecified atom stereocenters. The zero-order valence-electron chi connectivity index (χ0n) is 19.6. The number of halogens is 5. The Kier molecular flexibility index (Phi) is 6.76. The van der Waals surface area contributed by atoms with E-state index in [-0.39, 0.29) is 17.7 Å². The minimum absolute atomic E-state index is 0.221. The fourth-order valence-corrected chi connectivity index (χ4v) is 5.28. The third-order valence-electron chi connectivity index (χ3n) is 6.43. The Bertz CT molecular complexity index is 1430. The highest BCUT2D eigenvalue weighted by atomic mass is 32.2. The van der Waals surface area contributed by atoms with Crippen molar-refractivity contribution in [2.75, 3.05) is 30.8 Å². The molecule has 0 bridgehead atoms. The van der Waals surface area contributed by atoms with Gasteiger partial charge in [-0.1, -0.05) is 42.3 Å². The predicted molar refractivity (Wildman–Crippen MR) is 132 cm³/mol. The molecule has 3 aromatic carbocycles. The largest absolute Gasteiger partial charge is 0.503 e. The number of rotatable bonds is 5. The number of aromatic nitrogens is 1. The summed E-state index contributed by atoms with van der Waals surface area (Å²) in [5.74, 6) is -5.88. The van der Waals surface area contributed by atoms with Crippen LogP contribution in [0.4, 0.5) is 27.6 Å². The van der Waals surface area contributed by atoms with Crippen molar-refractivity contribution in [3.63, 3.8) is 0 Å². The fraction of sp³-hybridized carbons (Fsp3) is 0.269. The van der Waals surface area contributed by atoms with E-state index in [1.165, 1.54) is 5.56 Å². The molecule has 1 N–H and O–H groups in total. The average molecular weight is 536 g/mol. The summed E-state index contributed by atoms with van der Waals surface area (Å²) in [6.45, 7) is 2.31. The highest BCUT2D eigenvalue weighted by Gasteiger charge is 2.38. The standard InChI is InChI=1S/C26H22F5N3O2S/c1-37-34-10-9-33(14-17(34)11-15-5-3-2-4-6-15)16-7-8-21-20(12-16)32-25(36-21)18-13-19(26(29,30)31)23(28)24(35)22(18)27/h2-8,12-13,17,35H,9-11,14H2,1H3/t17-/m0/s1. The first-order valence-electron chi connectivity index (χ1n) is 11.4. The van der Waals surface area contributed by atoms with Crippen molar-refractivity contribution < 1.29 is 31.5 Å². The number of fused-ring (bicyclic) bond motifs is 1. The maximum absolute atomic E-state index is 14.5. The molecule has 1 aliphatic rings. The molecule has 0 radical (unpaired) electrons. The van der Waals surface area contributed by atoms with Gasteiger partial charge in [-0.05, 0) is 42.5 Å². The maximum atomic E-state index is 14.5. The number of phenolic OH excluding ortho intramolecular Hbond substituents is 1. The van der Waals surface area contributed by atoms with Crippen LogP contribution in [-0.2, 0) is 12.6 Å². The van der Waals surface area contributed by atoms with E-state index in [0.717, 1.165) is 31.7 Å². The van der Waals surface area contributed by atoms with E-state index in [1.807, 2.05) is 30.5 Å². The van der Waals surface area contributed by atoms with Gasteiger partial charge in [0.05, 0.1) is 11.1 Å². The molecule has 4 aromatic rings. The number of alkyl halides is 3. The molecule has 37 heavy (non-hydrogen) atoms. The highest BCUT2D eigenvalue weighted by molar-refractivity contribution is 7.96. The quantitative estimate of drug-likeness (QED) is 0.232. The van der Waals surface area contributed by atoms with Crippen LogP contribution in [0.3, 0.4) is 0 Å². The molecule has 1 fully saturated rings. The lowest BCUT2D eigenvalue weighted by Gasteiger charge is -2.41. The van der Waals surface area contributed by atoms with Crippen LogP contribution in [0, 0.1) is 11.6 Å². The van der Waals surface area contributed by atoms with Crippen LogP contribution in [0.5, 0.6) is 5.75 Å². The van der Waals surface area contributed by atoms with Gasteiger partial charge in [0.2, 0.25) is 5.89 Å². The molecular formula is C26H22F5N3O2S. The molecule has 0 aliphatic carbocycles. The van der Waals surface area contributed by atoms with Crippen LogP contribution < -0.4 is 4.90 Å². The van der Waals surface area contributed by atoms with Gasteiger partial charge in [0.15, 0.2) is 23.0 Å². The second-order valence-electron chi connectivity index (χ2n) is 8.73. The van der Waals surface area contributed by atoms with E-state index in [9.17, 15) is 27.1 Å². The maximum Gasteiger partial charge on any atom is 0.419 e. The number of aromatic hydroxyl groups is 1. The first kappa shape index (κ1) is 25.3. The van der Waals surface area contributed by atoms with Gasteiger partial charge in [-0.3, -0.25) is 0 Å². The normalized spacial score (nSPS) is 17.0. The van der Waals surface area contributed by atoms with Gasteiger partial charge in [-0.25, -0.2) is 18.1 Å². The zero-order valence-corrected chi connectivity index (χ0v) is 20.4. The summed E-state index contributed by atoms with van der Waals surface area (Å²) in [6.07, 6.45) is -2.23. The van der Waals surface area contributed by atoms with Crippen LogP contribution in [0.1, 0.15) is 11.1 Å². The summed E-state index contributed by atoms with van der Waals surface area (Å²) in [5.41, 5.74) is 0.00797. The van der Waals surface area contributed by atoms with Crippen molar-refractivity contribution in [2.24, 2.45) is 0 Å². The summed E-state index contributed by atoms with van der Waals surface area (Å²) in [7, 11) is 0. The van der Waals surface area contributed by atoms with Crippen LogP contribution in [0.15, 0.2) is 59.0 Å². The van der Waals surface area contributed by atoms with E-state index < -0.39 is 40.6 Å². The lowest BCUT2D eigenvalue weighted by atomic mass is 10.0. The molecule has 0 spiro atoms. The van der Waals surface area contributed by atoms with Crippen LogP contribution in [0.25, 0.3) is 22.6 Å². The summed E-state index contributed by atoms with van der Waals surface area (Å²) in [5, 5.41) is 9.62. The number of hydrogen-bond acceptors (Lipinski definition) is 6. The summed E-state index contributed by atoms with van der Waals surface area (Å²) < 4.78 is 75.9. The van der Waals surface area contributed by atoms with Crippen LogP contribution >= 0.6 is 11.9 Å². The first-order chi connectivity index (χ1) is 17.7. The molecule has 0 amide bonds. The molecular weight excluding hydrogens is 513 g/mol. The minimum Gasteiger partial charge on any atom is -0.503 e. The molecule has 1 saturated heterocycles. The third kappa shape index (κ3) is 4.97. The van der Waals surface area contributed by atoms with Crippen LogP contribution in [0.2, 0.25) is 0 Å². The molecule has 1 aliphatic heterocycles. The Morgan fingerprint density at radius 1 is 1.05 bits per heavy atom. The second kappa shape index (κ2) is 9.86. The summed E-state index contributed by atoms with van der Waals surface area (Å²) in [4.78, 5) is 6.36. The molecule has 194 valence electrons. The van der Waals surface area contributed by atoms with Gasteiger partial charge < -0.3 is 14.4 Å². The predicted octanol–water partition coefficient (Wildman–Crippen LogP) is 6.51. The third-order valence-corrected chi connectivity index (χ3v) is 7.38. The van der Waals surface area contributed by atoms with E-state index in [4.69, 9.17) is 4.42 Å². The van der Waals surface area contributed by atoms with E-state index >= 15 is 0 Å². The number of phenols is 1. The topological polar surface area (TPSA) is 52.7 Å². The van der Waals surface area contributed by atoms with Gasteiger partial charge in [0.25, 0.3) is 0 Å². The van der Waals surface area contributed by atoms with Crippen molar-refractivity contribution in [1.82, 2.24) is 9.29 Å².